The number of benzene rings is 2. The van der Waals surface area contributed by atoms with Crippen LogP contribution in [0, 0.1) is 17.0 Å². The van der Waals surface area contributed by atoms with Gasteiger partial charge in [-0.25, -0.2) is 0 Å². The lowest BCUT2D eigenvalue weighted by atomic mass is 10.00. The molecule has 0 saturated heterocycles. The molecule has 2 aromatic rings. The third kappa shape index (κ3) is 4.09. The van der Waals surface area contributed by atoms with Crippen LogP contribution in [0.3, 0.4) is 0 Å². The maximum atomic E-state index is 10.7. The number of phenols is 1. The maximum Gasteiger partial charge on any atom is 0.269 e. The molecule has 0 radical (unpaired) electrons. The molecule has 0 heterocycles. The number of aryl methyl sites for hydroxylation is 1. The zero-order chi connectivity index (χ0) is 15.1. The van der Waals surface area contributed by atoms with Gasteiger partial charge < -0.3 is 5.11 Å². The van der Waals surface area contributed by atoms with Crippen LogP contribution in [-0.4, -0.2) is 10.0 Å². The molecule has 0 atom stereocenters. The van der Waals surface area contributed by atoms with Crippen LogP contribution in [-0.2, 0) is 6.42 Å². The van der Waals surface area contributed by atoms with Crippen molar-refractivity contribution >= 4 is 5.69 Å². The van der Waals surface area contributed by atoms with E-state index in [-0.39, 0.29) is 16.4 Å². The second kappa shape index (κ2) is 7.28. The van der Waals surface area contributed by atoms with Gasteiger partial charge in [0.05, 0.1) is 4.92 Å². The normalized spacial score (nSPS) is 9.55. The summed E-state index contributed by atoms with van der Waals surface area (Å²) in [4.78, 5) is 10.3. The lowest BCUT2D eigenvalue weighted by Crippen LogP contribution is -1.95. The van der Waals surface area contributed by atoms with Gasteiger partial charge in [0.2, 0.25) is 0 Å². The van der Waals surface area contributed by atoms with Gasteiger partial charge in [-0.15, -0.1) is 0 Å². The van der Waals surface area contributed by atoms with E-state index in [2.05, 4.69) is 0 Å². The number of hydrogen-bond donors (Lipinski definition) is 1. The average Bonchev–Trinajstić information content (AvgIpc) is 2.45. The van der Waals surface area contributed by atoms with Crippen LogP contribution in [0.1, 0.15) is 30.5 Å². The Bertz CT molecular complexity index is 577. The molecule has 0 fully saturated rings. The second-order valence-electron chi connectivity index (χ2n) is 4.21. The van der Waals surface area contributed by atoms with Crippen LogP contribution in [0.5, 0.6) is 5.75 Å². The quantitative estimate of drug-likeness (QED) is 0.672. The van der Waals surface area contributed by atoms with Gasteiger partial charge in [-0.3, -0.25) is 10.1 Å². The average molecular weight is 273 g/mol. The Balaban J connectivity index is 0.000000956. The van der Waals surface area contributed by atoms with Crippen molar-refractivity contribution in [1.82, 2.24) is 0 Å². The lowest BCUT2D eigenvalue weighted by molar-refractivity contribution is -0.384. The molecule has 0 aromatic heterocycles. The third-order valence-electron chi connectivity index (χ3n) is 2.87. The number of non-ortho nitro benzene ring substituents is 1. The van der Waals surface area contributed by atoms with Crippen molar-refractivity contribution < 1.29 is 10.0 Å². The summed E-state index contributed by atoms with van der Waals surface area (Å²) in [6.45, 7) is 5.93. The van der Waals surface area contributed by atoms with E-state index in [4.69, 9.17) is 0 Å². The Morgan fingerprint density at radius 2 is 1.70 bits per heavy atom. The van der Waals surface area contributed by atoms with Crippen molar-refractivity contribution in [3.8, 4) is 5.75 Å². The Morgan fingerprint density at radius 1 is 1.10 bits per heavy atom. The van der Waals surface area contributed by atoms with Gasteiger partial charge >= 0.3 is 0 Å². The first-order valence-electron chi connectivity index (χ1n) is 6.58. The minimum atomic E-state index is -0.389. The first-order valence-corrected chi connectivity index (χ1v) is 6.58. The van der Waals surface area contributed by atoms with E-state index in [9.17, 15) is 15.2 Å². The highest BCUT2D eigenvalue weighted by Gasteiger charge is 2.09. The van der Waals surface area contributed by atoms with Crippen molar-refractivity contribution in [2.75, 3.05) is 0 Å². The molecule has 0 spiro atoms. The van der Waals surface area contributed by atoms with E-state index >= 15 is 0 Å². The number of hydrogen-bond acceptors (Lipinski definition) is 3. The molecule has 0 aliphatic rings. The molecule has 0 amide bonds. The van der Waals surface area contributed by atoms with Crippen molar-refractivity contribution in [2.45, 2.75) is 27.2 Å². The molecule has 4 nitrogen and oxygen atoms in total. The van der Waals surface area contributed by atoms with E-state index in [1.165, 1.54) is 6.07 Å². The summed E-state index contributed by atoms with van der Waals surface area (Å²) >= 11 is 0. The fraction of sp³-hybridized carbons (Fsp3) is 0.250. The van der Waals surface area contributed by atoms with Crippen LogP contribution >= 0.6 is 0 Å². The van der Waals surface area contributed by atoms with Crippen molar-refractivity contribution in [2.24, 2.45) is 0 Å². The first kappa shape index (κ1) is 15.7. The fourth-order valence-corrected chi connectivity index (χ4v) is 1.80. The highest BCUT2D eigenvalue weighted by atomic mass is 16.6. The molecule has 4 heteroatoms. The first-order chi connectivity index (χ1) is 9.56. The van der Waals surface area contributed by atoms with Crippen molar-refractivity contribution in [1.29, 1.82) is 0 Å². The summed E-state index contributed by atoms with van der Waals surface area (Å²) in [6, 6.07) is 11.7. The maximum absolute atomic E-state index is 10.7. The van der Waals surface area contributed by atoms with Crippen molar-refractivity contribution in [3.63, 3.8) is 0 Å². The van der Waals surface area contributed by atoms with Crippen LogP contribution in [0.25, 0.3) is 0 Å². The van der Waals surface area contributed by atoms with Gasteiger partial charge in [0.1, 0.15) is 5.75 Å². The Labute approximate surface area is 118 Å². The molecule has 106 valence electrons. The monoisotopic (exact) mass is 273 g/mol. The minimum Gasteiger partial charge on any atom is -0.508 e. The Hall–Kier alpha value is -2.36. The summed E-state index contributed by atoms with van der Waals surface area (Å²) in [5.41, 5.74) is 3.06. The summed E-state index contributed by atoms with van der Waals surface area (Å²) in [7, 11) is 0. The molecule has 0 aliphatic carbocycles. The van der Waals surface area contributed by atoms with Gasteiger partial charge in [0, 0.05) is 12.1 Å². The standard InChI is InChI=1S/C14H13NO3.C2H6/c1-10-2-5-13(15(17)18)9-12(10)8-11-3-6-14(16)7-4-11;1-2/h2-7,9,16H,8H2,1H3;1-2H3. The number of phenolic OH excluding ortho intramolecular Hbond substituents is 1. The summed E-state index contributed by atoms with van der Waals surface area (Å²) in [6.07, 6.45) is 0.619. The highest BCUT2D eigenvalue weighted by Crippen LogP contribution is 2.21. The smallest absolute Gasteiger partial charge is 0.269 e. The fourth-order valence-electron chi connectivity index (χ4n) is 1.80. The number of nitro groups is 1. The van der Waals surface area contributed by atoms with E-state index in [1.807, 2.05) is 32.9 Å². The van der Waals surface area contributed by atoms with Gasteiger partial charge in [-0.05, 0) is 42.2 Å². The van der Waals surface area contributed by atoms with Crippen LogP contribution in [0.15, 0.2) is 42.5 Å². The van der Waals surface area contributed by atoms with E-state index < -0.39 is 0 Å². The SMILES string of the molecule is CC.Cc1ccc([N+](=O)[O-])cc1Cc1ccc(O)cc1. The van der Waals surface area contributed by atoms with Crippen LogP contribution in [0.4, 0.5) is 5.69 Å². The van der Waals surface area contributed by atoms with Gasteiger partial charge in [-0.1, -0.05) is 32.0 Å². The second-order valence-corrected chi connectivity index (χ2v) is 4.21. The van der Waals surface area contributed by atoms with Crippen LogP contribution in [0.2, 0.25) is 0 Å². The molecule has 2 rings (SSSR count). The van der Waals surface area contributed by atoms with E-state index in [0.29, 0.717) is 6.42 Å². The minimum absolute atomic E-state index is 0.106. The zero-order valence-corrected chi connectivity index (χ0v) is 12.0. The third-order valence-corrected chi connectivity index (χ3v) is 2.87. The molecular weight excluding hydrogens is 254 g/mol. The molecule has 20 heavy (non-hydrogen) atoms. The molecule has 0 aliphatic heterocycles. The van der Waals surface area contributed by atoms with Crippen LogP contribution < -0.4 is 0 Å². The number of rotatable bonds is 3. The molecule has 2 aromatic carbocycles. The molecule has 0 saturated carbocycles. The van der Waals surface area contributed by atoms with Crippen molar-refractivity contribution in [3.05, 3.63) is 69.3 Å². The topological polar surface area (TPSA) is 63.4 Å². The zero-order valence-electron chi connectivity index (χ0n) is 12.0. The molecule has 1 N–H and O–H groups in total. The molecule has 0 bridgehead atoms. The summed E-state index contributed by atoms with van der Waals surface area (Å²) < 4.78 is 0. The number of nitro benzene ring substituents is 1. The lowest BCUT2D eigenvalue weighted by Gasteiger charge is -2.06. The number of aromatic hydroxyl groups is 1. The highest BCUT2D eigenvalue weighted by molar-refractivity contribution is 5.42. The Morgan fingerprint density at radius 3 is 2.25 bits per heavy atom. The summed E-state index contributed by atoms with van der Waals surface area (Å²) in [5.74, 6) is 0.217. The Kier molecular flexibility index (Phi) is 5.72. The predicted molar refractivity (Wildman–Crippen MR) is 80.1 cm³/mol. The number of nitrogens with zero attached hydrogens (tertiary/aromatic N) is 1. The van der Waals surface area contributed by atoms with Gasteiger partial charge in [0.15, 0.2) is 0 Å². The molecular formula is C16H19NO3. The largest absolute Gasteiger partial charge is 0.508 e. The van der Waals surface area contributed by atoms with Gasteiger partial charge in [-0.2, -0.15) is 0 Å². The van der Waals surface area contributed by atoms with Gasteiger partial charge in [0.25, 0.3) is 5.69 Å². The predicted octanol–water partition coefficient (Wildman–Crippen LogP) is 4.23. The van der Waals surface area contributed by atoms with E-state index in [1.54, 1.807) is 24.3 Å². The summed E-state index contributed by atoms with van der Waals surface area (Å²) in [5, 5.41) is 19.9. The van der Waals surface area contributed by atoms with E-state index in [0.717, 1.165) is 16.7 Å². The molecule has 0 unspecified atom stereocenters.